The van der Waals surface area contributed by atoms with Crippen LogP contribution in [-0.2, 0) is 0 Å². The summed E-state index contributed by atoms with van der Waals surface area (Å²) in [5.74, 6) is 1.76. The normalized spacial score (nSPS) is 10.6. The molecule has 3 nitrogen and oxygen atoms in total. The van der Waals surface area contributed by atoms with E-state index in [-0.39, 0.29) is 5.75 Å². The van der Waals surface area contributed by atoms with Gasteiger partial charge in [0.2, 0.25) is 0 Å². The highest BCUT2D eigenvalue weighted by molar-refractivity contribution is 5.96. The van der Waals surface area contributed by atoms with E-state index in [9.17, 15) is 5.11 Å². The Kier molecular flexibility index (Phi) is 3.40. The third-order valence-corrected chi connectivity index (χ3v) is 3.60. The summed E-state index contributed by atoms with van der Waals surface area (Å²) in [5.41, 5.74) is 1.63. The second-order valence-electron chi connectivity index (χ2n) is 4.75. The van der Waals surface area contributed by atoms with Crippen LogP contribution in [0.4, 0.5) is 0 Å². The zero-order valence-corrected chi connectivity index (χ0v) is 12.0. The van der Waals surface area contributed by atoms with Crippen molar-refractivity contribution in [2.75, 3.05) is 14.2 Å². The Morgan fingerprint density at radius 3 is 2.38 bits per heavy atom. The average molecular weight is 280 g/mol. The van der Waals surface area contributed by atoms with Gasteiger partial charge < -0.3 is 14.6 Å². The molecule has 0 heterocycles. The molecule has 0 saturated carbocycles. The number of benzene rings is 3. The minimum atomic E-state index is 0.250. The van der Waals surface area contributed by atoms with Crippen molar-refractivity contribution in [3.8, 4) is 28.4 Å². The van der Waals surface area contributed by atoms with Gasteiger partial charge in [-0.2, -0.15) is 0 Å². The Morgan fingerprint density at radius 1 is 0.810 bits per heavy atom. The van der Waals surface area contributed by atoms with Crippen molar-refractivity contribution in [1.82, 2.24) is 0 Å². The predicted octanol–water partition coefficient (Wildman–Crippen LogP) is 4.23. The predicted molar refractivity (Wildman–Crippen MR) is 84.2 cm³/mol. The molecule has 0 atom stereocenters. The summed E-state index contributed by atoms with van der Waals surface area (Å²) < 4.78 is 10.6. The minimum Gasteiger partial charge on any atom is -0.507 e. The molecule has 0 radical (unpaired) electrons. The lowest BCUT2D eigenvalue weighted by molar-refractivity contribution is 0.415. The minimum absolute atomic E-state index is 0.250. The number of phenols is 1. The molecule has 3 rings (SSSR count). The van der Waals surface area contributed by atoms with Crippen molar-refractivity contribution in [2.24, 2.45) is 0 Å². The van der Waals surface area contributed by atoms with Gasteiger partial charge in [-0.3, -0.25) is 0 Å². The van der Waals surface area contributed by atoms with Crippen molar-refractivity contribution >= 4 is 10.8 Å². The van der Waals surface area contributed by atoms with E-state index in [2.05, 4.69) is 0 Å². The van der Waals surface area contributed by atoms with Crippen LogP contribution in [0.15, 0.2) is 54.6 Å². The average Bonchev–Trinajstić information content (AvgIpc) is 2.55. The van der Waals surface area contributed by atoms with Gasteiger partial charge in [0.25, 0.3) is 0 Å². The summed E-state index contributed by atoms with van der Waals surface area (Å²) in [4.78, 5) is 0. The summed E-state index contributed by atoms with van der Waals surface area (Å²) in [6.07, 6.45) is 0. The van der Waals surface area contributed by atoms with Crippen LogP contribution in [0.25, 0.3) is 21.9 Å². The van der Waals surface area contributed by atoms with Crippen LogP contribution in [0.3, 0.4) is 0 Å². The molecule has 0 aliphatic heterocycles. The Balaban J connectivity index is 2.23. The Labute approximate surface area is 123 Å². The second-order valence-corrected chi connectivity index (χ2v) is 4.75. The van der Waals surface area contributed by atoms with Gasteiger partial charge in [-0.05, 0) is 35.7 Å². The van der Waals surface area contributed by atoms with Crippen molar-refractivity contribution in [1.29, 1.82) is 0 Å². The van der Waals surface area contributed by atoms with Crippen LogP contribution < -0.4 is 9.47 Å². The number of rotatable bonds is 3. The van der Waals surface area contributed by atoms with Crippen molar-refractivity contribution in [3.05, 3.63) is 54.6 Å². The van der Waals surface area contributed by atoms with Gasteiger partial charge in [0.1, 0.15) is 17.2 Å². The quantitative estimate of drug-likeness (QED) is 0.780. The third-order valence-electron chi connectivity index (χ3n) is 3.60. The van der Waals surface area contributed by atoms with Crippen LogP contribution in [0.1, 0.15) is 0 Å². The number of methoxy groups -OCH3 is 2. The lowest BCUT2D eigenvalue weighted by Crippen LogP contribution is -1.89. The fourth-order valence-corrected chi connectivity index (χ4v) is 2.50. The molecule has 3 heteroatoms. The third kappa shape index (κ3) is 2.27. The van der Waals surface area contributed by atoms with Gasteiger partial charge in [0, 0.05) is 16.5 Å². The van der Waals surface area contributed by atoms with Gasteiger partial charge in [0.15, 0.2) is 0 Å². The van der Waals surface area contributed by atoms with Gasteiger partial charge in [0.05, 0.1) is 14.2 Å². The number of para-hydroxylation sites is 1. The summed E-state index contributed by atoms with van der Waals surface area (Å²) >= 11 is 0. The maximum Gasteiger partial charge on any atom is 0.131 e. The van der Waals surface area contributed by atoms with Crippen molar-refractivity contribution < 1.29 is 14.6 Å². The maximum absolute atomic E-state index is 10.6. The van der Waals surface area contributed by atoms with Gasteiger partial charge >= 0.3 is 0 Å². The number of phenolic OH excluding ortho intramolecular Hbond substituents is 1. The van der Waals surface area contributed by atoms with Gasteiger partial charge in [-0.25, -0.2) is 0 Å². The molecule has 1 N–H and O–H groups in total. The number of aromatic hydroxyl groups is 1. The molecule has 0 unspecified atom stereocenters. The Bertz CT molecular complexity index is 794. The van der Waals surface area contributed by atoms with Crippen LogP contribution >= 0.6 is 0 Å². The summed E-state index contributed by atoms with van der Waals surface area (Å²) in [7, 11) is 3.26. The summed E-state index contributed by atoms with van der Waals surface area (Å²) in [6.45, 7) is 0. The van der Waals surface area contributed by atoms with Gasteiger partial charge in [-0.15, -0.1) is 0 Å². The molecule has 0 bridgehead atoms. The standard InChI is InChI=1S/C18H16O3/c1-20-13-8-10-14-12(11-13)7-9-16(18(14)19)15-5-3-4-6-17(15)21-2/h3-11,19H,1-2H3. The van der Waals surface area contributed by atoms with E-state index in [1.807, 2.05) is 54.6 Å². The van der Waals surface area contributed by atoms with Gasteiger partial charge in [-0.1, -0.05) is 24.3 Å². The van der Waals surface area contributed by atoms with E-state index in [1.165, 1.54) is 0 Å². The molecule has 0 aromatic heterocycles. The van der Waals surface area contributed by atoms with E-state index in [4.69, 9.17) is 9.47 Å². The van der Waals surface area contributed by atoms with Crippen molar-refractivity contribution in [3.63, 3.8) is 0 Å². The monoisotopic (exact) mass is 280 g/mol. The molecule has 21 heavy (non-hydrogen) atoms. The SMILES string of the molecule is COc1ccc2c(O)c(-c3ccccc3OC)ccc2c1. The van der Waals surface area contributed by atoms with E-state index < -0.39 is 0 Å². The molecule has 0 saturated heterocycles. The zero-order valence-electron chi connectivity index (χ0n) is 12.0. The molecule has 3 aromatic carbocycles. The number of hydrogen-bond acceptors (Lipinski definition) is 3. The van der Waals surface area contributed by atoms with Crippen LogP contribution in [0, 0.1) is 0 Å². The summed E-state index contributed by atoms with van der Waals surface area (Å²) in [5, 5.41) is 12.3. The summed E-state index contributed by atoms with van der Waals surface area (Å²) in [6, 6.07) is 17.1. The van der Waals surface area contributed by atoms with Crippen LogP contribution in [-0.4, -0.2) is 19.3 Å². The Hall–Kier alpha value is -2.68. The van der Waals surface area contributed by atoms with E-state index >= 15 is 0 Å². The fraction of sp³-hybridized carbons (Fsp3) is 0.111. The van der Waals surface area contributed by atoms with Crippen LogP contribution in [0.2, 0.25) is 0 Å². The largest absolute Gasteiger partial charge is 0.507 e. The topological polar surface area (TPSA) is 38.7 Å². The molecule has 0 aliphatic carbocycles. The fourth-order valence-electron chi connectivity index (χ4n) is 2.50. The molecule has 0 fully saturated rings. The molecule has 106 valence electrons. The maximum atomic E-state index is 10.6. The zero-order chi connectivity index (χ0) is 14.8. The highest BCUT2D eigenvalue weighted by Crippen LogP contribution is 2.40. The lowest BCUT2D eigenvalue weighted by Gasteiger charge is -2.12. The molecule has 0 aliphatic rings. The molecule has 3 aromatic rings. The first-order chi connectivity index (χ1) is 10.2. The lowest BCUT2D eigenvalue weighted by atomic mass is 9.99. The highest BCUT2D eigenvalue weighted by Gasteiger charge is 2.12. The first kappa shape index (κ1) is 13.3. The molecular weight excluding hydrogens is 264 g/mol. The number of fused-ring (bicyclic) bond motifs is 1. The molecular formula is C18H16O3. The van der Waals surface area contributed by atoms with Crippen LogP contribution in [0.5, 0.6) is 17.2 Å². The van der Waals surface area contributed by atoms with E-state index in [0.29, 0.717) is 0 Å². The molecule has 0 amide bonds. The molecule has 0 spiro atoms. The second kappa shape index (κ2) is 5.37. The van der Waals surface area contributed by atoms with E-state index in [1.54, 1.807) is 14.2 Å². The number of ether oxygens (including phenoxy) is 2. The van der Waals surface area contributed by atoms with E-state index in [0.717, 1.165) is 33.4 Å². The van der Waals surface area contributed by atoms with Crippen molar-refractivity contribution in [2.45, 2.75) is 0 Å². The highest BCUT2D eigenvalue weighted by atomic mass is 16.5. The smallest absolute Gasteiger partial charge is 0.131 e. The number of hydrogen-bond donors (Lipinski definition) is 1. The Morgan fingerprint density at radius 2 is 1.62 bits per heavy atom. The first-order valence-electron chi connectivity index (χ1n) is 6.67. The first-order valence-corrected chi connectivity index (χ1v) is 6.67.